The molecule has 2 heterocycles. The van der Waals surface area contributed by atoms with Crippen molar-refractivity contribution in [3.05, 3.63) is 48.3 Å². The van der Waals surface area contributed by atoms with E-state index in [1.165, 1.54) is 4.52 Å². The van der Waals surface area contributed by atoms with Gasteiger partial charge in [-0.05, 0) is 18.2 Å². The number of benzene rings is 1. The summed E-state index contributed by atoms with van der Waals surface area (Å²) >= 11 is 0. The number of aromatic nitrogens is 3. The summed E-state index contributed by atoms with van der Waals surface area (Å²) in [7, 11) is 1.83. The number of carbonyl (C=O) groups is 1. The molecular weight excluding hydrogens is 256 g/mol. The lowest BCUT2D eigenvalue weighted by Crippen LogP contribution is -1.99. The third kappa shape index (κ3) is 1.87. The average Bonchev–Trinajstić information content (AvgIpc) is 2.86. The average molecular weight is 268 g/mol. The second-order valence-corrected chi connectivity index (χ2v) is 4.24. The molecule has 6 heteroatoms. The lowest BCUT2D eigenvalue weighted by molar-refractivity contribution is 0.0699. The van der Waals surface area contributed by atoms with Gasteiger partial charge in [-0.3, -0.25) is 0 Å². The maximum Gasteiger partial charge on any atom is 0.341 e. The van der Waals surface area contributed by atoms with Gasteiger partial charge in [0, 0.05) is 30.7 Å². The van der Waals surface area contributed by atoms with Crippen LogP contribution in [-0.2, 0) is 0 Å². The normalized spacial score (nSPS) is 10.7. The fourth-order valence-electron chi connectivity index (χ4n) is 2.08. The van der Waals surface area contributed by atoms with Gasteiger partial charge in [0.05, 0.1) is 0 Å². The van der Waals surface area contributed by atoms with E-state index in [0.717, 1.165) is 11.3 Å². The van der Waals surface area contributed by atoms with Gasteiger partial charge in [0.2, 0.25) is 0 Å². The van der Waals surface area contributed by atoms with Crippen LogP contribution in [0.25, 0.3) is 16.9 Å². The molecule has 0 aliphatic heterocycles. The molecule has 0 unspecified atom stereocenters. The maximum atomic E-state index is 11.5. The number of rotatable bonds is 3. The second kappa shape index (κ2) is 4.65. The minimum atomic E-state index is -1.04. The summed E-state index contributed by atoms with van der Waals surface area (Å²) in [5.74, 6) is -1.04. The van der Waals surface area contributed by atoms with E-state index in [1.54, 1.807) is 18.5 Å². The lowest BCUT2D eigenvalue weighted by atomic mass is 10.1. The van der Waals surface area contributed by atoms with E-state index in [-0.39, 0.29) is 5.56 Å². The monoisotopic (exact) mass is 268 g/mol. The largest absolute Gasteiger partial charge is 0.477 e. The quantitative estimate of drug-likeness (QED) is 0.760. The van der Waals surface area contributed by atoms with Crippen LogP contribution in [0, 0.1) is 0 Å². The zero-order valence-corrected chi connectivity index (χ0v) is 10.7. The minimum Gasteiger partial charge on any atom is -0.477 e. The van der Waals surface area contributed by atoms with Gasteiger partial charge in [-0.15, -0.1) is 0 Å². The Hall–Kier alpha value is -2.89. The highest BCUT2D eigenvalue weighted by Crippen LogP contribution is 2.26. The predicted molar refractivity (Wildman–Crippen MR) is 74.9 cm³/mol. The smallest absolute Gasteiger partial charge is 0.341 e. The van der Waals surface area contributed by atoms with Crippen LogP contribution in [0.1, 0.15) is 10.4 Å². The van der Waals surface area contributed by atoms with Crippen LogP contribution in [0.5, 0.6) is 0 Å². The van der Waals surface area contributed by atoms with Crippen LogP contribution in [0.3, 0.4) is 0 Å². The van der Waals surface area contributed by atoms with Gasteiger partial charge in [-0.1, -0.05) is 12.1 Å². The standard InChI is InChI=1S/C14H12N4O2/c1-15-10-5-3-9(4-6-10)12-11(14(19)20)13-16-7-2-8-18(13)17-12/h2-8,15H,1H3,(H,19,20). The molecule has 0 spiro atoms. The Kier molecular flexibility index (Phi) is 2.83. The lowest BCUT2D eigenvalue weighted by Gasteiger charge is -2.02. The van der Waals surface area contributed by atoms with Gasteiger partial charge in [-0.2, -0.15) is 5.10 Å². The summed E-state index contributed by atoms with van der Waals surface area (Å²) in [6.07, 6.45) is 3.23. The van der Waals surface area contributed by atoms with Crippen molar-refractivity contribution in [3.63, 3.8) is 0 Å². The Labute approximate surface area is 114 Å². The fourth-order valence-corrected chi connectivity index (χ4v) is 2.08. The van der Waals surface area contributed by atoms with E-state index in [1.807, 2.05) is 31.3 Å². The highest BCUT2D eigenvalue weighted by molar-refractivity contribution is 6.01. The summed E-state index contributed by atoms with van der Waals surface area (Å²) in [4.78, 5) is 15.6. The molecule has 0 amide bonds. The van der Waals surface area contributed by atoms with Crippen molar-refractivity contribution in [1.29, 1.82) is 0 Å². The Balaban J connectivity index is 2.23. The summed E-state index contributed by atoms with van der Waals surface area (Å²) in [5, 5.41) is 16.7. The number of nitrogens with one attached hydrogen (secondary N) is 1. The third-order valence-corrected chi connectivity index (χ3v) is 3.06. The van der Waals surface area contributed by atoms with Crippen LogP contribution < -0.4 is 5.32 Å². The first-order chi connectivity index (χ1) is 9.70. The molecule has 0 bridgehead atoms. The van der Waals surface area contributed by atoms with Crippen molar-refractivity contribution in [1.82, 2.24) is 14.6 Å². The zero-order chi connectivity index (χ0) is 14.1. The number of carboxylic acid groups (broad SMARTS) is 1. The molecule has 0 radical (unpaired) electrons. The van der Waals surface area contributed by atoms with Crippen LogP contribution >= 0.6 is 0 Å². The fraction of sp³-hybridized carbons (Fsp3) is 0.0714. The molecule has 0 saturated heterocycles. The van der Waals surface area contributed by atoms with Gasteiger partial charge in [0.25, 0.3) is 0 Å². The van der Waals surface area contributed by atoms with E-state index < -0.39 is 5.97 Å². The maximum absolute atomic E-state index is 11.5. The Bertz CT molecular complexity index is 777. The topological polar surface area (TPSA) is 79.5 Å². The van der Waals surface area contributed by atoms with Crippen LogP contribution in [0.4, 0.5) is 5.69 Å². The molecule has 6 nitrogen and oxygen atoms in total. The first kappa shape index (κ1) is 12.2. The van der Waals surface area contributed by atoms with Gasteiger partial charge in [0.15, 0.2) is 5.65 Å². The molecule has 1 aromatic carbocycles. The van der Waals surface area contributed by atoms with Crippen molar-refractivity contribution in [2.75, 3.05) is 12.4 Å². The number of aromatic carboxylic acids is 1. The molecule has 0 aliphatic rings. The van der Waals surface area contributed by atoms with Gasteiger partial charge >= 0.3 is 5.97 Å². The molecule has 2 N–H and O–H groups in total. The van der Waals surface area contributed by atoms with Gasteiger partial charge < -0.3 is 10.4 Å². The molecule has 2 aromatic heterocycles. The number of anilines is 1. The molecule has 100 valence electrons. The number of hydrogen-bond acceptors (Lipinski definition) is 4. The van der Waals surface area contributed by atoms with E-state index in [4.69, 9.17) is 0 Å². The van der Waals surface area contributed by atoms with Crippen molar-refractivity contribution >= 4 is 17.3 Å². The molecule has 3 aromatic rings. The number of nitrogens with zero attached hydrogens (tertiary/aromatic N) is 3. The van der Waals surface area contributed by atoms with E-state index in [9.17, 15) is 9.90 Å². The Morgan fingerprint density at radius 1 is 1.30 bits per heavy atom. The Morgan fingerprint density at radius 2 is 2.05 bits per heavy atom. The minimum absolute atomic E-state index is 0.114. The van der Waals surface area contributed by atoms with E-state index in [0.29, 0.717) is 11.3 Å². The molecule has 3 rings (SSSR count). The molecule has 0 aliphatic carbocycles. The van der Waals surface area contributed by atoms with Crippen molar-refractivity contribution in [3.8, 4) is 11.3 Å². The summed E-state index contributed by atoms with van der Waals surface area (Å²) in [5.41, 5.74) is 2.56. The SMILES string of the molecule is CNc1ccc(-c2nn3cccnc3c2C(=O)O)cc1. The van der Waals surface area contributed by atoms with Gasteiger partial charge in [0.1, 0.15) is 11.3 Å². The number of carboxylic acids is 1. The summed E-state index contributed by atoms with van der Waals surface area (Å²) < 4.78 is 1.48. The van der Waals surface area contributed by atoms with Crippen LogP contribution in [0.15, 0.2) is 42.7 Å². The highest BCUT2D eigenvalue weighted by Gasteiger charge is 2.21. The van der Waals surface area contributed by atoms with Crippen molar-refractivity contribution in [2.24, 2.45) is 0 Å². The zero-order valence-electron chi connectivity index (χ0n) is 10.7. The summed E-state index contributed by atoms with van der Waals surface area (Å²) in [6, 6.07) is 9.12. The molecule has 20 heavy (non-hydrogen) atoms. The van der Waals surface area contributed by atoms with E-state index >= 15 is 0 Å². The molecule has 0 saturated carbocycles. The summed E-state index contributed by atoms with van der Waals surface area (Å²) in [6.45, 7) is 0. The highest BCUT2D eigenvalue weighted by atomic mass is 16.4. The first-order valence-electron chi connectivity index (χ1n) is 6.05. The first-order valence-corrected chi connectivity index (χ1v) is 6.05. The molecule has 0 atom stereocenters. The second-order valence-electron chi connectivity index (χ2n) is 4.24. The molecule has 0 fully saturated rings. The number of fused-ring (bicyclic) bond motifs is 1. The van der Waals surface area contributed by atoms with Crippen LogP contribution in [0.2, 0.25) is 0 Å². The van der Waals surface area contributed by atoms with Gasteiger partial charge in [-0.25, -0.2) is 14.3 Å². The van der Waals surface area contributed by atoms with Crippen molar-refractivity contribution in [2.45, 2.75) is 0 Å². The van der Waals surface area contributed by atoms with Crippen molar-refractivity contribution < 1.29 is 9.90 Å². The predicted octanol–water partition coefficient (Wildman–Crippen LogP) is 2.14. The Morgan fingerprint density at radius 3 is 2.70 bits per heavy atom. The van der Waals surface area contributed by atoms with E-state index in [2.05, 4.69) is 15.4 Å². The van der Waals surface area contributed by atoms with Crippen LogP contribution in [-0.4, -0.2) is 32.7 Å². The third-order valence-electron chi connectivity index (χ3n) is 3.06. The molecular formula is C14H12N4O2. The number of hydrogen-bond donors (Lipinski definition) is 2.